The Bertz CT molecular complexity index is 34.5. The van der Waals surface area contributed by atoms with Crippen molar-refractivity contribution in [2.45, 2.75) is 6.92 Å². The van der Waals surface area contributed by atoms with Crippen LogP contribution in [0.3, 0.4) is 0 Å². The summed E-state index contributed by atoms with van der Waals surface area (Å²) >= 11 is 0. The summed E-state index contributed by atoms with van der Waals surface area (Å²) < 4.78 is 0. The van der Waals surface area contributed by atoms with E-state index in [0.29, 0.717) is 0 Å². The van der Waals surface area contributed by atoms with Gasteiger partial charge in [0.25, 0.3) is 5.97 Å². The largest absolute Gasteiger partial charge is 1.00 e. The molecule has 0 rings (SSSR count). The van der Waals surface area contributed by atoms with Crippen molar-refractivity contribution < 1.29 is 41.2 Å². The third kappa shape index (κ3) is 385. The van der Waals surface area contributed by atoms with Crippen LogP contribution in [0.2, 0.25) is 0 Å². The van der Waals surface area contributed by atoms with Gasteiger partial charge in [-0.2, -0.15) is 0 Å². The van der Waals surface area contributed by atoms with E-state index in [9.17, 15) is 0 Å². The van der Waals surface area contributed by atoms with Gasteiger partial charge in [-0.25, -0.2) is 0 Å². The van der Waals surface area contributed by atoms with Crippen molar-refractivity contribution in [1.82, 2.24) is 0 Å². The van der Waals surface area contributed by atoms with Crippen LogP contribution in [-0.4, -0.2) is 11.1 Å². The molecular formula is C2H4ClLiO2. The zero-order valence-electron chi connectivity index (χ0n) is 3.73. The summed E-state index contributed by atoms with van der Waals surface area (Å²) in [5.41, 5.74) is 0. The third-order valence-electron chi connectivity index (χ3n) is 0. The van der Waals surface area contributed by atoms with Crippen molar-refractivity contribution >= 4 is 5.97 Å². The molecule has 0 fully saturated rings. The zero-order chi connectivity index (χ0) is 3.58. The second-order valence-electron chi connectivity index (χ2n) is 0.519. The zero-order valence-corrected chi connectivity index (χ0v) is 4.49. The summed E-state index contributed by atoms with van der Waals surface area (Å²) in [5, 5.41) is 7.42. The van der Waals surface area contributed by atoms with Gasteiger partial charge in [0.15, 0.2) is 0 Å². The Hall–Kier alpha value is 0.357. The molecule has 0 aromatic rings. The first kappa shape index (κ1) is 16.2. The van der Waals surface area contributed by atoms with Crippen LogP contribution in [0.15, 0.2) is 0 Å². The van der Waals surface area contributed by atoms with E-state index in [1.807, 2.05) is 0 Å². The van der Waals surface area contributed by atoms with E-state index in [2.05, 4.69) is 0 Å². The second kappa shape index (κ2) is 9.02. The monoisotopic (exact) mass is 102 g/mol. The number of hydrogen-bond acceptors (Lipinski definition) is 1. The van der Waals surface area contributed by atoms with Crippen LogP contribution in [-0.2, 0) is 4.79 Å². The topological polar surface area (TPSA) is 37.3 Å². The fourth-order valence-electron chi connectivity index (χ4n) is 0. The van der Waals surface area contributed by atoms with Crippen molar-refractivity contribution in [3.8, 4) is 0 Å². The van der Waals surface area contributed by atoms with Crippen LogP contribution in [0.25, 0.3) is 0 Å². The Labute approximate surface area is 54.5 Å². The molecule has 0 amide bonds. The summed E-state index contributed by atoms with van der Waals surface area (Å²) in [7, 11) is 0. The van der Waals surface area contributed by atoms with Gasteiger partial charge in [-0.3, -0.25) is 4.79 Å². The number of carboxylic acid groups (broad SMARTS) is 1. The van der Waals surface area contributed by atoms with Crippen LogP contribution >= 0.6 is 0 Å². The summed E-state index contributed by atoms with van der Waals surface area (Å²) in [6.45, 7) is 1.08. The normalized spacial score (nSPS) is 4.17. The molecule has 0 spiro atoms. The number of hydrogen-bond donors (Lipinski definition) is 1. The van der Waals surface area contributed by atoms with Gasteiger partial charge >= 0.3 is 18.9 Å². The van der Waals surface area contributed by atoms with Gasteiger partial charge in [-0.15, -0.1) is 0 Å². The number of rotatable bonds is 0. The molecule has 0 saturated heterocycles. The van der Waals surface area contributed by atoms with Crippen LogP contribution in [0.1, 0.15) is 6.92 Å². The fraction of sp³-hybridized carbons (Fsp3) is 0.500. The van der Waals surface area contributed by atoms with Crippen LogP contribution in [0, 0.1) is 0 Å². The van der Waals surface area contributed by atoms with E-state index in [4.69, 9.17) is 9.90 Å². The second-order valence-corrected chi connectivity index (χ2v) is 0.519. The molecule has 4 heteroatoms. The smallest absolute Gasteiger partial charge is 1.00 e. The molecule has 1 N–H and O–H groups in total. The predicted octanol–water partition coefficient (Wildman–Crippen LogP) is -5.90. The minimum Gasteiger partial charge on any atom is -1.00 e. The molecule has 0 aliphatic rings. The molecule has 32 valence electrons. The molecule has 0 aliphatic carbocycles. The van der Waals surface area contributed by atoms with E-state index in [-0.39, 0.29) is 31.3 Å². The van der Waals surface area contributed by atoms with Gasteiger partial charge in [0.1, 0.15) is 0 Å². The number of aliphatic carboxylic acids is 1. The SMILES string of the molecule is CC(=O)O.[Cl-].[Li+]. The molecule has 0 aromatic carbocycles. The Morgan fingerprint density at radius 1 is 1.67 bits per heavy atom. The van der Waals surface area contributed by atoms with Crippen molar-refractivity contribution in [2.75, 3.05) is 0 Å². The predicted molar refractivity (Wildman–Crippen MR) is 13.3 cm³/mol. The number of halogens is 1. The van der Waals surface area contributed by atoms with Gasteiger partial charge in [0.2, 0.25) is 0 Å². The van der Waals surface area contributed by atoms with E-state index >= 15 is 0 Å². The maximum Gasteiger partial charge on any atom is 1.00 e. The van der Waals surface area contributed by atoms with Crippen LogP contribution in [0.5, 0.6) is 0 Å². The Balaban J connectivity index is -0.0000000450. The van der Waals surface area contributed by atoms with Gasteiger partial charge in [-0.1, -0.05) is 0 Å². The van der Waals surface area contributed by atoms with Crippen LogP contribution < -0.4 is 31.3 Å². The molecule has 2 nitrogen and oxygen atoms in total. The van der Waals surface area contributed by atoms with E-state index < -0.39 is 5.97 Å². The summed E-state index contributed by atoms with van der Waals surface area (Å²) in [6.07, 6.45) is 0. The maximum absolute atomic E-state index is 9.00. The molecule has 0 heterocycles. The minimum atomic E-state index is -0.833. The molecule has 0 saturated carbocycles. The Morgan fingerprint density at radius 2 is 1.67 bits per heavy atom. The molecule has 0 aliphatic heterocycles. The van der Waals surface area contributed by atoms with Gasteiger partial charge in [-0.05, 0) is 0 Å². The summed E-state index contributed by atoms with van der Waals surface area (Å²) in [6, 6.07) is 0. The van der Waals surface area contributed by atoms with Gasteiger partial charge in [0, 0.05) is 6.92 Å². The van der Waals surface area contributed by atoms with Crippen molar-refractivity contribution in [3.05, 3.63) is 0 Å². The van der Waals surface area contributed by atoms with Crippen molar-refractivity contribution in [1.29, 1.82) is 0 Å². The first-order valence-corrected chi connectivity index (χ1v) is 0.928. The average molecular weight is 102 g/mol. The van der Waals surface area contributed by atoms with Crippen molar-refractivity contribution in [3.63, 3.8) is 0 Å². The molecule has 0 atom stereocenters. The molecule has 6 heavy (non-hydrogen) atoms. The minimum absolute atomic E-state index is 0. The maximum atomic E-state index is 9.00. The van der Waals surface area contributed by atoms with E-state index in [0.717, 1.165) is 6.92 Å². The number of carboxylic acids is 1. The molecule has 0 bridgehead atoms. The third-order valence-corrected chi connectivity index (χ3v) is 0. The summed E-state index contributed by atoms with van der Waals surface area (Å²) in [5.74, 6) is -0.833. The number of carbonyl (C=O) groups is 1. The Morgan fingerprint density at radius 3 is 1.67 bits per heavy atom. The summed E-state index contributed by atoms with van der Waals surface area (Å²) in [4.78, 5) is 9.00. The molecular weight excluding hydrogens is 98.4 g/mol. The van der Waals surface area contributed by atoms with E-state index in [1.54, 1.807) is 0 Å². The molecule has 0 aromatic heterocycles. The molecule has 0 unspecified atom stereocenters. The first-order chi connectivity index (χ1) is 1.73. The van der Waals surface area contributed by atoms with Crippen molar-refractivity contribution in [2.24, 2.45) is 0 Å². The Kier molecular flexibility index (Phi) is 24.3. The standard InChI is InChI=1S/C2H4O2.ClH.Li/c1-2(3)4;;/h1H3,(H,3,4);1H;/q;;+1/p-1. The quantitative estimate of drug-likeness (QED) is 0.309. The van der Waals surface area contributed by atoms with Gasteiger partial charge < -0.3 is 17.5 Å². The average Bonchev–Trinajstić information content (AvgIpc) is 0.811. The first-order valence-electron chi connectivity index (χ1n) is 0.928. The molecule has 0 radical (unpaired) electrons. The fourth-order valence-corrected chi connectivity index (χ4v) is 0. The van der Waals surface area contributed by atoms with E-state index in [1.165, 1.54) is 0 Å². The van der Waals surface area contributed by atoms with Gasteiger partial charge in [0.05, 0.1) is 0 Å². The van der Waals surface area contributed by atoms with Crippen LogP contribution in [0.4, 0.5) is 0 Å².